The highest BCUT2D eigenvalue weighted by molar-refractivity contribution is 6.34. The van der Waals surface area contributed by atoms with Crippen molar-refractivity contribution in [3.05, 3.63) is 58.4 Å². The Morgan fingerprint density at radius 2 is 1.86 bits per heavy atom. The fourth-order valence-electron chi connectivity index (χ4n) is 1.64. The highest BCUT2D eigenvalue weighted by atomic mass is 35.5. The van der Waals surface area contributed by atoms with Gasteiger partial charge in [-0.2, -0.15) is 0 Å². The van der Waals surface area contributed by atoms with Crippen molar-refractivity contribution in [1.29, 1.82) is 0 Å². The highest BCUT2D eigenvalue weighted by Gasteiger charge is 2.15. The number of rotatable bonds is 3. The molecule has 2 aromatic rings. The van der Waals surface area contributed by atoms with Crippen LogP contribution in [0.4, 0.5) is 10.1 Å². The maximum Gasteiger partial charge on any atom is 0.335 e. The molecule has 0 saturated carbocycles. The van der Waals surface area contributed by atoms with E-state index in [0.29, 0.717) is 0 Å². The standard InChI is InChI=1S/C14H9ClFNO4/c15-10-4-1-7(14(20)21)5-11(10)17-13(19)9-3-2-8(16)6-12(9)18/h1-6,18H,(H,17,19)(H,20,21). The summed E-state index contributed by atoms with van der Waals surface area (Å²) < 4.78 is 12.9. The van der Waals surface area contributed by atoms with Gasteiger partial charge in [0.05, 0.1) is 21.8 Å². The van der Waals surface area contributed by atoms with Crippen molar-refractivity contribution in [1.82, 2.24) is 0 Å². The second-order valence-electron chi connectivity index (χ2n) is 4.12. The average Bonchev–Trinajstić information content (AvgIpc) is 2.40. The van der Waals surface area contributed by atoms with Gasteiger partial charge in [-0.05, 0) is 30.3 Å². The smallest absolute Gasteiger partial charge is 0.335 e. The molecule has 0 aromatic heterocycles. The van der Waals surface area contributed by atoms with Crippen LogP contribution in [0.5, 0.6) is 5.75 Å². The molecule has 5 nitrogen and oxygen atoms in total. The van der Waals surface area contributed by atoms with Gasteiger partial charge in [0.15, 0.2) is 0 Å². The normalized spacial score (nSPS) is 10.2. The number of halogens is 2. The molecule has 7 heteroatoms. The summed E-state index contributed by atoms with van der Waals surface area (Å²) in [6.45, 7) is 0. The van der Waals surface area contributed by atoms with Crippen molar-refractivity contribution < 1.29 is 24.2 Å². The Labute approximate surface area is 123 Å². The highest BCUT2D eigenvalue weighted by Crippen LogP contribution is 2.25. The summed E-state index contributed by atoms with van der Waals surface area (Å²) in [5.41, 5.74) is -0.142. The molecule has 2 rings (SSSR count). The van der Waals surface area contributed by atoms with E-state index in [1.54, 1.807) is 0 Å². The van der Waals surface area contributed by atoms with Crippen molar-refractivity contribution in [3.8, 4) is 5.75 Å². The first kappa shape index (κ1) is 14.8. The molecule has 0 heterocycles. The minimum atomic E-state index is -1.17. The van der Waals surface area contributed by atoms with Crippen molar-refractivity contribution in [2.45, 2.75) is 0 Å². The number of anilines is 1. The van der Waals surface area contributed by atoms with Crippen molar-refractivity contribution in [2.24, 2.45) is 0 Å². The van der Waals surface area contributed by atoms with E-state index in [1.165, 1.54) is 18.2 Å². The van der Waals surface area contributed by atoms with E-state index in [9.17, 15) is 19.1 Å². The number of aromatic carboxylic acids is 1. The quantitative estimate of drug-likeness (QED) is 0.813. The van der Waals surface area contributed by atoms with Gasteiger partial charge in [-0.15, -0.1) is 0 Å². The van der Waals surface area contributed by atoms with Crippen molar-refractivity contribution in [2.75, 3.05) is 5.32 Å². The molecule has 2 aromatic carbocycles. The molecule has 0 bridgehead atoms. The number of carbonyl (C=O) groups is 2. The first-order valence-electron chi connectivity index (χ1n) is 5.71. The number of phenolic OH excluding ortho intramolecular Hbond substituents is 1. The summed E-state index contributed by atoms with van der Waals surface area (Å²) in [4.78, 5) is 22.9. The fraction of sp³-hybridized carbons (Fsp3) is 0. The third kappa shape index (κ3) is 3.29. The molecule has 0 aliphatic heterocycles. The van der Waals surface area contributed by atoms with Crippen molar-refractivity contribution >= 4 is 29.2 Å². The molecular formula is C14H9ClFNO4. The van der Waals surface area contributed by atoms with Gasteiger partial charge in [0.25, 0.3) is 5.91 Å². The van der Waals surface area contributed by atoms with Crippen LogP contribution in [0.25, 0.3) is 0 Å². The predicted octanol–water partition coefficient (Wildman–Crippen LogP) is 3.14. The van der Waals surface area contributed by atoms with Crippen LogP contribution in [-0.2, 0) is 0 Å². The number of hydrogen-bond acceptors (Lipinski definition) is 3. The van der Waals surface area contributed by atoms with Gasteiger partial charge in [-0.3, -0.25) is 4.79 Å². The number of carbonyl (C=O) groups excluding carboxylic acids is 1. The first-order chi connectivity index (χ1) is 9.88. The van der Waals surface area contributed by atoms with E-state index >= 15 is 0 Å². The van der Waals surface area contributed by atoms with Crippen LogP contribution in [-0.4, -0.2) is 22.1 Å². The maximum absolute atomic E-state index is 12.9. The summed E-state index contributed by atoms with van der Waals surface area (Å²) in [7, 11) is 0. The molecular weight excluding hydrogens is 301 g/mol. The van der Waals surface area contributed by atoms with E-state index in [-0.39, 0.29) is 21.8 Å². The number of hydrogen-bond donors (Lipinski definition) is 3. The molecule has 108 valence electrons. The molecule has 0 fully saturated rings. The van der Waals surface area contributed by atoms with Gasteiger partial charge < -0.3 is 15.5 Å². The van der Waals surface area contributed by atoms with E-state index in [2.05, 4.69) is 5.32 Å². The number of nitrogens with one attached hydrogen (secondary N) is 1. The molecule has 0 aliphatic rings. The SMILES string of the molecule is O=C(O)c1ccc(Cl)c(NC(=O)c2ccc(F)cc2O)c1. The molecule has 1 amide bonds. The molecule has 0 unspecified atom stereocenters. The van der Waals surface area contributed by atoms with Gasteiger partial charge in [-0.1, -0.05) is 11.6 Å². The predicted molar refractivity (Wildman–Crippen MR) is 74.4 cm³/mol. The Kier molecular flexibility index (Phi) is 4.09. The number of carboxylic acid groups (broad SMARTS) is 1. The zero-order valence-corrected chi connectivity index (χ0v) is 11.2. The van der Waals surface area contributed by atoms with Gasteiger partial charge in [0, 0.05) is 6.07 Å². The molecule has 21 heavy (non-hydrogen) atoms. The van der Waals surface area contributed by atoms with Crippen LogP contribution in [0.15, 0.2) is 36.4 Å². The van der Waals surface area contributed by atoms with Crippen LogP contribution < -0.4 is 5.32 Å². The number of phenols is 1. The average molecular weight is 310 g/mol. The monoisotopic (exact) mass is 309 g/mol. The van der Waals surface area contributed by atoms with Gasteiger partial charge in [0.1, 0.15) is 11.6 Å². The van der Waals surface area contributed by atoms with Crippen LogP contribution in [0.2, 0.25) is 5.02 Å². The molecule has 3 N–H and O–H groups in total. The van der Waals surface area contributed by atoms with Crippen LogP contribution in [0.3, 0.4) is 0 Å². The number of aromatic hydroxyl groups is 1. The van der Waals surface area contributed by atoms with Crippen molar-refractivity contribution in [3.63, 3.8) is 0 Å². The summed E-state index contributed by atoms with van der Waals surface area (Å²) in [6.07, 6.45) is 0. The largest absolute Gasteiger partial charge is 0.507 e. The minimum Gasteiger partial charge on any atom is -0.507 e. The zero-order chi connectivity index (χ0) is 15.6. The lowest BCUT2D eigenvalue weighted by Crippen LogP contribution is -2.13. The first-order valence-corrected chi connectivity index (χ1v) is 6.09. The Morgan fingerprint density at radius 3 is 2.48 bits per heavy atom. The van der Waals surface area contributed by atoms with E-state index in [1.807, 2.05) is 0 Å². The van der Waals surface area contributed by atoms with E-state index in [4.69, 9.17) is 16.7 Å². The second kappa shape index (κ2) is 5.80. The van der Waals surface area contributed by atoms with Crippen LogP contribution in [0, 0.1) is 5.82 Å². The van der Waals surface area contributed by atoms with Gasteiger partial charge in [0.2, 0.25) is 0 Å². The zero-order valence-electron chi connectivity index (χ0n) is 10.4. The lowest BCUT2D eigenvalue weighted by Gasteiger charge is -2.09. The Balaban J connectivity index is 2.31. The number of amides is 1. The van der Waals surface area contributed by atoms with Gasteiger partial charge >= 0.3 is 5.97 Å². The van der Waals surface area contributed by atoms with Crippen LogP contribution in [0.1, 0.15) is 20.7 Å². The Morgan fingerprint density at radius 1 is 1.14 bits per heavy atom. The molecule has 0 aliphatic carbocycles. The molecule has 0 saturated heterocycles. The topological polar surface area (TPSA) is 86.6 Å². The third-order valence-electron chi connectivity index (χ3n) is 2.67. The minimum absolute atomic E-state index is 0.0574. The summed E-state index contributed by atoms with van der Waals surface area (Å²) in [6, 6.07) is 6.72. The number of carboxylic acids is 1. The van der Waals surface area contributed by atoms with Gasteiger partial charge in [-0.25, -0.2) is 9.18 Å². The van der Waals surface area contributed by atoms with Crippen LogP contribution >= 0.6 is 11.6 Å². The fourth-order valence-corrected chi connectivity index (χ4v) is 1.81. The molecule has 0 radical (unpaired) electrons. The molecule has 0 spiro atoms. The Bertz CT molecular complexity index is 733. The maximum atomic E-state index is 12.9. The van der Waals surface area contributed by atoms with E-state index < -0.39 is 23.4 Å². The second-order valence-corrected chi connectivity index (χ2v) is 4.52. The lowest BCUT2D eigenvalue weighted by atomic mass is 10.1. The number of benzene rings is 2. The summed E-state index contributed by atoms with van der Waals surface area (Å²) in [5, 5.41) is 20.9. The third-order valence-corrected chi connectivity index (χ3v) is 3.00. The van der Waals surface area contributed by atoms with E-state index in [0.717, 1.165) is 18.2 Å². The summed E-state index contributed by atoms with van der Waals surface area (Å²) >= 11 is 5.87. The Hall–Kier alpha value is -2.60. The summed E-state index contributed by atoms with van der Waals surface area (Å²) in [5.74, 6) is -3.13. The molecule has 0 atom stereocenters. The lowest BCUT2D eigenvalue weighted by molar-refractivity contribution is 0.0696.